The van der Waals surface area contributed by atoms with Crippen LogP contribution in [0.1, 0.15) is 22.3 Å². The third-order valence-electron chi connectivity index (χ3n) is 2.64. The second-order valence-corrected chi connectivity index (χ2v) is 4.05. The van der Waals surface area contributed by atoms with Crippen molar-refractivity contribution < 1.29 is 14.3 Å². The van der Waals surface area contributed by atoms with Crippen molar-refractivity contribution in [3.05, 3.63) is 45.8 Å². The van der Waals surface area contributed by atoms with Crippen molar-refractivity contribution in [2.45, 2.75) is 19.3 Å². The minimum atomic E-state index is -0.507. The summed E-state index contributed by atoms with van der Waals surface area (Å²) >= 11 is 0. The number of nitrogens with one attached hydrogen (secondary N) is 1. The zero-order valence-electron chi connectivity index (χ0n) is 11.6. The van der Waals surface area contributed by atoms with E-state index in [1.165, 1.54) is 7.11 Å². The topological polar surface area (TPSA) is 96.3 Å². The standard InChI is InChI=1S/C13H18N4O3/c1-15-8-7-12(16-17-14)20-9-10-3-5-11(6-4-10)13(18)19-2/h3-6,12,15H,7-9H2,1-2H3. The van der Waals surface area contributed by atoms with Gasteiger partial charge >= 0.3 is 5.97 Å². The number of carbonyl (C=O) groups is 1. The second-order valence-electron chi connectivity index (χ2n) is 4.05. The highest BCUT2D eigenvalue weighted by Crippen LogP contribution is 2.10. The third-order valence-corrected chi connectivity index (χ3v) is 2.64. The Hall–Kier alpha value is -2.08. The van der Waals surface area contributed by atoms with E-state index in [1.807, 2.05) is 7.05 Å². The molecule has 0 fully saturated rings. The van der Waals surface area contributed by atoms with Gasteiger partial charge in [0.2, 0.25) is 0 Å². The lowest BCUT2D eigenvalue weighted by Gasteiger charge is -2.12. The summed E-state index contributed by atoms with van der Waals surface area (Å²) in [6.07, 6.45) is 0.0913. The van der Waals surface area contributed by atoms with Gasteiger partial charge in [-0.3, -0.25) is 0 Å². The van der Waals surface area contributed by atoms with Gasteiger partial charge in [-0.1, -0.05) is 17.2 Å². The van der Waals surface area contributed by atoms with Crippen molar-refractivity contribution in [3.8, 4) is 0 Å². The van der Waals surface area contributed by atoms with Gasteiger partial charge in [0.15, 0.2) is 0 Å². The largest absolute Gasteiger partial charge is 0.465 e. The first-order chi connectivity index (χ1) is 9.71. The third kappa shape index (κ3) is 5.27. The number of carbonyl (C=O) groups excluding carboxylic acids is 1. The van der Waals surface area contributed by atoms with Crippen LogP contribution in [0, 0.1) is 0 Å². The molecular formula is C13H18N4O3. The lowest BCUT2D eigenvalue weighted by atomic mass is 10.1. The molecule has 108 valence electrons. The molecule has 1 rings (SSSR count). The number of azide groups is 1. The number of hydrogen-bond acceptors (Lipinski definition) is 5. The molecule has 1 aromatic rings. The van der Waals surface area contributed by atoms with Crippen LogP contribution >= 0.6 is 0 Å². The lowest BCUT2D eigenvalue weighted by molar-refractivity contribution is 0.0401. The maximum absolute atomic E-state index is 11.3. The molecule has 0 bridgehead atoms. The van der Waals surface area contributed by atoms with Crippen LogP contribution in [-0.4, -0.2) is 32.9 Å². The number of methoxy groups -OCH3 is 1. The number of esters is 1. The zero-order valence-corrected chi connectivity index (χ0v) is 11.6. The fourth-order valence-electron chi connectivity index (χ4n) is 1.55. The second kappa shape index (κ2) is 8.92. The van der Waals surface area contributed by atoms with Crippen LogP contribution in [0.2, 0.25) is 0 Å². The SMILES string of the molecule is CNCCC(N=[N+]=[N-])OCc1ccc(C(=O)OC)cc1. The van der Waals surface area contributed by atoms with Gasteiger partial charge < -0.3 is 14.8 Å². The van der Waals surface area contributed by atoms with Crippen molar-refractivity contribution in [3.63, 3.8) is 0 Å². The van der Waals surface area contributed by atoms with Crippen molar-refractivity contribution in [1.29, 1.82) is 0 Å². The van der Waals surface area contributed by atoms with Gasteiger partial charge in [0, 0.05) is 4.91 Å². The Bertz CT molecular complexity index is 469. The van der Waals surface area contributed by atoms with Crippen LogP contribution in [0.25, 0.3) is 10.4 Å². The Morgan fingerprint density at radius 2 is 2.15 bits per heavy atom. The van der Waals surface area contributed by atoms with E-state index in [-0.39, 0.29) is 5.97 Å². The normalized spacial score (nSPS) is 11.5. The first-order valence-electron chi connectivity index (χ1n) is 6.19. The molecule has 1 N–H and O–H groups in total. The highest BCUT2D eigenvalue weighted by atomic mass is 16.5. The molecule has 0 heterocycles. The first-order valence-corrected chi connectivity index (χ1v) is 6.19. The molecule has 1 aromatic carbocycles. The van der Waals surface area contributed by atoms with E-state index in [0.717, 1.165) is 5.56 Å². The van der Waals surface area contributed by atoms with Crippen LogP contribution in [-0.2, 0) is 16.1 Å². The molecule has 7 nitrogen and oxygen atoms in total. The molecule has 0 aliphatic carbocycles. The number of nitrogens with zero attached hydrogens (tertiary/aromatic N) is 3. The summed E-state index contributed by atoms with van der Waals surface area (Å²) in [5.74, 6) is -0.376. The summed E-state index contributed by atoms with van der Waals surface area (Å²) in [6, 6.07) is 6.89. The van der Waals surface area contributed by atoms with Gasteiger partial charge in [-0.15, -0.1) is 0 Å². The average Bonchev–Trinajstić information content (AvgIpc) is 2.49. The fourth-order valence-corrected chi connectivity index (χ4v) is 1.55. The molecule has 0 radical (unpaired) electrons. The maximum Gasteiger partial charge on any atom is 0.337 e. The predicted molar refractivity (Wildman–Crippen MR) is 74.0 cm³/mol. The Labute approximate surface area is 117 Å². The van der Waals surface area contributed by atoms with E-state index in [9.17, 15) is 4.79 Å². The van der Waals surface area contributed by atoms with Gasteiger partial charge in [-0.25, -0.2) is 4.79 Å². The van der Waals surface area contributed by atoms with E-state index < -0.39 is 6.23 Å². The van der Waals surface area contributed by atoms with Crippen LogP contribution in [0.3, 0.4) is 0 Å². The first kappa shape index (κ1) is 16.0. The Morgan fingerprint density at radius 1 is 1.45 bits per heavy atom. The molecule has 0 amide bonds. The van der Waals surface area contributed by atoms with Gasteiger partial charge in [0.1, 0.15) is 6.23 Å². The summed E-state index contributed by atoms with van der Waals surface area (Å²) in [6.45, 7) is 1.01. The summed E-state index contributed by atoms with van der Waals surface area (Å²) in [5, 5.41) is 6.55. The number of benzene rings is 1. The average molecular weight is 278 g/mol. The van der Waals surface area contributed by atoms with Crippen LogP contribution in [0.4, 0.5) is 0 Å². The van der Waals surface area contributed by atoms with Gasteiger partial charge in [-0.2, -0.15) is 0 Å². The smallest absolute Gasteiger partial charge is 0.337 e. The molecule has 0 aliphatic rings. The van der Waals surface area contributed by atoms with E-state index in [2.05, 4.69) is 20.1 Å². The molecule has 0 spiro atoms. The Kier molecular flexibility index (Phi) is 7.13. The van der Waals surface area contributed by atoms with Crippen molar-refractivity contribution in [2.75, 3.05) is 20.7 Å². The van der Waals surface area contributed by atoms with Crippen molar-refractivity contribution in [2.24, 2.45) is 5.11 Å². The van der Waals surface area contributed by atoms with E-state index in [4.69, 9.17) is 10.3 Å². The number of ether oxygens (including phenoxy) is 2. The predicted octanol–water partition coefficient (Wildman–Crippen LogP) is 2.24. The lowest BCUT2D eigenvalue weighted by Crippen LogP contribution is -2.17. The van der Waals surface area contributed by atoms with E-state index >= 15 is 0 Å². The highest BCUT2D eigenvalue weighted by Gasteiger charge is 2.08. The zero-order chi connectivity index (χ0) is 14.8. The van der Waals surface area contributed by atoms with Gasteiger partial charge in [-0.05, 0) is 43.2 Å². The van der Waals surface area contributed by atoms with Crippen molar-refractivity contribution in [1.82, 2.24) is 5.32 Å². The van der Waals surface area contributed by atoms with E-state index in [0.29, 0.717) is 25.1 Å². The minimum absolute atomic E-state index is 0.314. The molecule has 1 atom stereocenters. The van der Waals surface area contributed by atoms with Gasteiger partial charge in [0.05, 0.1) is 19.3 Å². The molecular weight excluding hydrogens is 260 g/mol. The Morgan fingerprint density at radius 3 is 2.70 bits per heavy atom. The number of rotatable bonds is 8. The van der Waals surface area contributed by atoms with Crippen LogP contribution < -0.4 is 5.32 Å². The molecule has 0 aliphatic heterocycles. The summed E-state index contributed by atoms with van der Waals surface area (Å²) in [5.41, 5.74) is 9.84. The summed E-state index contributed by atoms with van der Waals surface area (Å²) in [4.78, 5) is 14.0. The number of hydrogen-bond donors (Lipinski definition) is 1. The monoisotopic (exact) mass is 278 g/mol. The molecule has 1 unspecified atom stereocenters. The summed E-state index contributed by atoms with van der Waals surface area (Å²) in [7, 11) is 3.16. The van der Waals surface area contributed by atoms with Crippen molar-refractivity contribution >= 4 is 5.97 Å². The van der Waals surface area contributed by atoms with Crippen LogP contribution in [0.5, 0.6) is 0 Å². The quantitative estimate of drug-likeness (QED) is 0.341. The molecule has 20 heavy (non-hydrogen) atoms. The molecule has 0 saturated heterocycles. The summed E-state index contributed by atoms with van der Waals surface area (Å²) < 4.78 is 10.1. The molecule has 0 saturated carbocycles. The maximum atomic E-state index is 11.3. The molecule has 0 aromatic heterocycles. The minimum Gasteiger partial charge on any atom is -0.465 e. The molecule has 7 heteroatoms. The highest BCUT2D eigenvalue weighted by molar-refractivity contribution is 5.89. The van der Waals surface area contributed by atoms with Crippen LogP contribution in [0.15, 0.2) is 29.4 Å². The fraction of sp³-hybridized carbons (Fsp3) is 0.462. The Balaban J connectivity index is 2.55. The van der Waals surface area contributed by atoms with Gasteiger partial charge in [0.25, 0.3) is 0 Å². The van der Waals surface area contributed by atoms with E-state index in [1.54, 1.807) is 24.3 Å².